The number of fused-ring (bicyclic) bond motifs is 2. The van der Waals surface area contributed by atoms with Crippen LogP contribution in [0.5, 0.6) is 11.5 Å². The summed E-state index contributed by atoms with van der Waals surface area (Å²) in [6.07, 6.45) is 2.73. The van der Waals surface area contributed by atoms with Gasteiger partial charge in [-0.25, -0.2) is 4.39 Å². The summed E-state index contributed by atoms with van der Waals surface area (Å²) < 4.78 is 27.3. The molecule has 0 aliphatic carbocycles. The first-order chi connectivity index (χ1) is 27.3. The van der Waals surface area contributed by atoms with E-state index in [1.165, 1.54) is 33.3 Å². The van der Waals surface area contributed by atoms with Crippen molar-refractivity contribution in [3.63, 3.8) is 0 Å². The Labute approximate surface area is 327 Å². The number of ether oxygens (including phenoxy) is 2. The highest BCUT2D eigenvalue weighted by atomic mass is 19.1. The number of nitrogens with one attached hydrogen (secondary N) is 1. The van der Waals surface area contributed by atoms with Crippen molar-refractivity contribution >= 4 is 29.1 Å². The molecule has 290 valence electrons. The maximum Gasteiger partial charge on any atom is 0.255 e. The molecule has 0 saturated carbocycles. The first-order valence-corrected chi connectivity index (χ1v) is 20.0. The molecular formula is C45H48FN5O5. The molecule has 11 heteroatoms. The second kappa shape index (κ2) is 15.3. The molecule has 1 N–H and O–H groups in total. The molecule has 3 fully saturated rings. The Morgan fingerprint density at radius 3 is 2.32 bits per heavy atom. The number of anilines is 2. The van der Waals surface area contributed by atoms with E-state index in [4.69, 9.17) is 9.47 Å². The summed E-state index contributed by atoms with van der Waals surface area (Å²) in [6.45, 7) is 7.06. The number of rotatable bonds is 8. The fourth-order valence-corrected chi connectivity index (χ4v) is 9.54. The minimum Gasteiger partial charge on any atom is -0.497 e. The lowest BCUT2D eigenvalue weighted by Crippen LogP contribution is -2.52. The summed E-state index contributed by atoms with van der Waals surface area (Å²) >= 11 is 0. The maximum absolute atomic E-state index is 15.5. The lowest BCUT2D eigenvalue weighted by molar-refractivity contribution is -0.136. The predicted octanol–water partition coefficient (Wildman–Crippen LogP) is 5.94. The van der Waals surface area contributed by atoms with Crippen LogP contribution < -0.4 is 24.6 Å². The van der Waals surface area contributed by atoms with Gasteiger partial charge in [0.25, 0.3) is 5.91 Å². The zero-order chi connectivity index (χ0) is 38.3. The van der Waals surface area contributed by atoms with Crippen molar-refractivity contribution in [1.29, 1.82) is 0 Å². The van der Waals surface area contributed by atoms with Gasteiger partial charge in [0.2, 0.25) is 11.8 Å². The van der Waals surface area contributed by atoms with Crippen LogP contribution in [0.3, 0.4) is 0 Å². The Kier molecular flexibility index (Phi) is 9.87. The molecule has 3 saturated heterocycles. The first kappa shape index (κ1) is 36.2. The number of carbonyl (C=O) groups excluding carboxylic acids is 3. The number of hydrogen-bond donors (Lipinski definition) is 1. The Morgan fingerprint density at radius 1 is 0.821 bits per heavy atom. The van der Waals surface area contributed by atoms with Crippen LogP contribution in [-0.2, 0) is 16.1 Å². The zero-order valence-electron chi connectivity index (χ0n) is 31.8. The number of nitrogens with zero attached hydrogens (tertiary/aromatic N) is 4. The largest absolute Gasteiger partial charge is 0.497 e. The minimum absolute atomic E-state index is 0.172. The van der Waals surface area contributed by atoms with Gasteiger partial charge in [0.1, 0.15) is 23.4 Å². The van der Waals surface area contributed by atoms with Crippen LogP contribution in [0.4, 0.5) is 15.8 Å². The molecule has 3 atom stereocenters. The molecule has 0 bridgehead atoms. The fourth-order valence-electron chi connectivity index (χ4n) is 9.54. The Bertz CT molecular complexity index is 2110. The average molecular weight is 758 g/mol. The summed E-state index contributed by atoms with van der Waals surface area (Å²) in [7, 11) is 1.69. The predicted molar refractivity (Wildman–Crippen MR) is 212 cm³/mol. The molecule has 4 aromatic rings. The fraction of sp³-hybridized carbons (Fsp3) is 0.400. The number of carbonyl (C=O) groups is 3. The third-order valence-corrected chi connectivity index (χ3v) is 12.7. The van der Waals surface area contributed by atoms with E-state index >= 15 is 4.39 Å². The number of hydrogen-bond acceptors (Lipinski definition) is 8. The van der Waals surface area contributed by atoms with E-state index in [0.717, 1.165) is 62.6 Å². The van der Waals surface area contributed by atoms with Crippen molar-refractivity contribution in [2.24, 2.45) is 5.92 Å². The summed E-state index contributed by atoms with van der Waals surface area (Å²) in [6, 6.07) is 28.4. The highest BCUT2D eigenvalue weighted by Crippen LogP contribution is 2.47. The smallest absolute Gasteiger partial charge is 0.255 e. The van der Waals surface area contributed by atoms with Gasteiger partial charge in [0.15, 0.2) is 0 Å². The Morgan fingerprint density at radius 2 is 1.59 bits per heavy atom. The van der Waals surface area contributed by atoms with Gasteiger partial charge in [-0.3, -0.25) is 24.6 Å². The highest BCUT2D eigenvalue weighted by Gasteiger charge is 2.40. The number of methoxy groups -OCH3 is 1. The third-order valence-electron chi connectivity index (χ3n) is 12.7. The van der Waals surface area contributed by atoms with E-state index in [9.17, 15) is 14.4 Å². The Hall–Kier alpha value is -5.42. The standard InChI is InChI=1S/C45H48FN5O5/c1-55-34-11-12-35-41(24-34)56-28-37(30-5-3-2-4-6-30)43(35)31-7-9-33(10-8-31)49-17-15-29(16-18-49)26-48-19-21-50(22-20-48)40-23-32-27-51(45(54)36(32)25-38(40)46)39-13-14-42(52)47-44(39)53/h2-12,23-25,29,37,39,43H,13-22,26-28H2,1H3,(H,47,52,53)/t37-,39+,43-/m1/s1. The number of benzene rings is 4. The first-order valence-electron chi connectivity index (χ1n) is 20.0. The van der Waals surface area contributed by atoms with E-state index in [1.54, 1.807) is 13.2 Å². The quantitative estimate of drug-likeness (QED) is 0.221. The highest BCUT2D eigenvalue weighted by molar-refractivity contribution is 6.05. The van der Waals surface area contributed by atoms with Crippen molar-refractivity contribution < 1.29 is 28.2 Å². The second-order valence-electron chi connectivity index (χ2n) is 15.9. The van der Waals surface area contributed by atoms with E-state index in [-0.39, 0.29) is 43.0 Å². The zero-order valence-corrected chi connectivity index (χ0v) is 31.8. The van der Waals surface area contributed by atoms with Gasteiger partial charge in [-0.15, -0.1) is 0 Å². The van der Waals surface area contributed by atoms with Crippen molar-refractivity contribution in [2.45, 2.75) is 50.1 Å². The van der Waals surface area contributed by atoms with Gasteiger partial charge in [-0.05, 0) is 72.2 Å². The SMILES string of the molecule is COc1ccc2c(c1)OC[C@H](c1ccccc1)[C@@H]2c1ccc(N2CCC(CN3CCN(c4cc5c(cc4F)C(=O)N([C@H]4CCC(=O)NC4=O)C5)CC3)CC2)cc1. The van der Waals surface area contributed by atoms with Crippen LogP contribution in [0.25, 0.3) is 0 Å². The van der Waals surface area contributed by atoms with Gasteiger partial charge in [-0.1, -0.05) is 48.5 Å². The summed E-state index contributed by atoms with van der Waals surface area (Å²) in [5.74, 6) is 1.13. The molecule has 0 spiro atoms. The van der Waals surface area contributed by atoms with Crippen LogP contribution in [-0.4, -0.2) is 93.1 Å². The van der Waals surface area contributed by atoms with Gasteiger partial charge in [0.05, 0.1) is 19.4 Å². The summed E-state index contributed by atoms with van der Waals surface area (Å²) in [5.41, 5.74) is 6.56. The molecule has 5 aliphatic rings. The van der Waals surface area contributed by atoms with Crippen LogP contribution in [0.2, 0.25) is 0 Å². The molecule has 5 heterocycles. The van der Waals surface area contributed by atoms with E-state index in [1.807, 2.05) is 12.1 Å². The molecule has 9 rings (SSSR count). The molecule has 56 heavy (non-hydrogen) atoms. The molecule has 0 unspecified atom stereocenters. The Balaban J connectivity index is 0.792. The van der Waals surface area contributed by atoms with Crippen molar-refractivity contribution in [3.8, 4) is 11.5 Å². The number of imide groups is 1. The number of amides is 3. The molecular weight excluding hydrogens is 710 g/mol. The van der Waals surface area contributed by atoms with E-state index < -0.39 is 17.8 Å². The van der Waals surface area contributed by atoms with Crippen LogP contribution in [0.1, 0.15) is 70.1 Å². The van der Waals surface area contributed by atoms with Gasteiger partial charge < -0.3 is 24.2 Å². The number of piperidine rings is 2. The second-order valence-corrected chi connectivity index (χ2v) is 15.9. The summed E-state index contributed by atoms with van der Waals surface area (Å²) in [4.78, 5) is 45.8. The number of halogens is 1. The topological polar surface area (TPSA) is 94.7 Å². The maximum atomic E-state index is 15.5. The van der Waals surface area contributed by atoms with Crippen LogP contribution in [0, 0.1) is 11.7 Å². The van der Waals surface area contributed by atoms with Crippen LogP contribution in [0.15, 0.2) is 84.9 Å². The molecule has 10 nitrogen and oxygen atoms in total. The van der Waals surface area contributed by atoms with E-state index in [2.05, 4.69) is 80.7 Å². The lowest BCUT2D eigenvalue weighted by Gasteiger charge is -2.40. The van der Waals surface area contributed by atoms with Crippen molar-refractivity contribution in [2.75, 3.05) is 69.3 Å². The molecule has 4 aromatic carbocycles. The van der Waals surface area contributed by atoms with Gasteiger partial charge >= 0.3 is 0 Å². The summed E-state index contributed by atoms with van der Waals surface area (Å²) in [5, 5.41) is 2.33. The van der Waals surface area contributed by atoms with E-state index in [0.29, 0.717) is 36.9 Å². The van der Waals surface area contributed by atoms with Crippen LogP contribution >= 0.6 is 0 Å². The molecule has 3 amide bonds. The molecule has 5 aliphatic heterocycles. The third kappa shape index (κ3) is 6.97. The van der Waals surface area contributed by atoms with Gasteiger partial charge in [-0.2, -0.15) is 0 Å². The lowest BCUT2D eigenvalue weighted by atomic mass is 9.76. The average Bonchev–Trinajstić information content (AvgIpc) is 3.54. The molecule has 0 radical (unpaired) electrons. The monoisotopic (exact) mass is 757 g/mol. The molecule has 0 aromatic heterocycles. The normalized spacial score (nSPS) is 23.1. The van der Waals surface area contributed by atoms with Crippen molar-refractivity contribution in [1.82, 2.24) is 15.1 Å². The number of piperazine rings is 1. The minimum atomic E-state index is -0.713. The van der Waals surface area contributed by atoms with Gasteiger partial charge in [0, 0.05) is 93.5 Å². The van der Waals surface area contributed by atoms with Crippen molar-refractivity contribution in [3.05, 3.63) is 119 Å².